The Morgan fingerprint density at radius 3 is 2.40 bits per heavy atom. The molecule has 20 heavy (non-hydrogen) atoms. The number of hydrogen-bond acceptors (Lipinski definition) is 2. The lowest BCUT2D eigenvalue weighted by Crippen LogP contribution is -2.37. The molecule has 1 fully saturated rings. The Labute approximate surface area is 122 Å². The average Bonchev–Trinajstić information content (AvgIpc) is 2.38. The zero-order chi connectivity index (χ0) is 14.8. The van der Waals surface area contributed by atoms with Crippen LogP contribution in [0.1, 0.15) is 44.7 Å². The van der Waals surface area contributed by atoms with Crippen molar-refractivity contribution in [3.05, 3.63) is 35.4 Å². The van der Waals surface area contributed by atoms with Gasteiger partial charge in [0.05, 0.1) is 0 Å². The molecular formula is C17H27N3. The lowest BCUT2D eigenvalue weighted by molar-refractivity contribution is 0.108. The van der Waals surface area contributed by atoms with Gasteiger partial charge >= 0.3 is 0 Å². The molecule has 1 aliphatic heterocycles. The normalized spacial score (nSPS) is 18.1. The maximum atomic E-state index is 7.67. The Morgan fingerprint density at radius 2 is 1.85 bits per heavy atom. The van der Waals surface area contributed by atoms with E-state index in [0.717, 1.165) is 31.1 Å². The van der Waals surface area contributed by atoms with E-state index in [4.69, 9.17) is 11.1 Å². The summed E-state index contributed by atoms with van der Waals surface area (Å²) >= 11 is 0. The summed E-state index contributed by atoms with van der Waals surface area (Å²) in [4.78, 5) is 2.49. The Morgan fingerprint density at radius 1 is 1.25 bits per heavy atom. The van der Waals surface area contributed by atoms with Gasteiger partial charge in [0, 0.05) is 12.1 Å². The smallest absolute Gasteiger partial charge is 0.123 e. The number of amidine groups is 1. The Hall–Kier alpha value is -1.35. The highest BCUT2D eigenvalue weighted by Gasteiger charge is 2.28. The van der Waals surface area contributed by atoms with E-state index in [9.17, 15) is 0 Å². The number of benzene rings is 1. The van der Waals surface area contributed by atoms with E-state index < -0.39 is 0 Å². The fourth-order valence-corrected chi connectivity index (χ4v) is 3.12. The first-order valence-electron chi connectivity index (χ1n) is 7.52. The zero-order valence-electron chi connectivity index (χ0n) is 12.9. The van der Waals surface area contributed by atoms with Crippen molar-refractivity contribution >= 4 is 5.84 Å². The van der Waals surface area contributed by atoms with Gasteiger partial charge in [-0.25, -0.2) is 0 Å². The summed E-state index contributed by atoms with van der Waals surface area (Å²) in [5, 5.41) is 7.67. The summed E-state index contributed by atoms with van der Waals surface area (Å²) in [5.74, 6) is 0.993. The second-order valence-corrected chi connectivity index (χ2v) is 6.99. The average molecular weight is 273 g/mol. The highest BCUT2D eigenvalue weighted by molar-refractivity contribution is 5.96. The SMILES string of the molecule is CC(C)(C)C1CCN(Cc2ccccc2C(=N)N)CC1. The summed E-state index contributed by atoms with van der Waals surface area (Å²) in [6, 6.07) is 8.02. The maximum Gasteiger partial charge on any atom is 0.123 e. The summed E-state index contributed by atoms with van der Waals surface area (Å²) in [6.45, 7) is 10.2. The van der Waals surface area contributed by atoms with E-state index in [0.29, 0.717) is 5.41 Å². The molecule has 1 aliphatic rings. The van der Waals surface area contributed by atoms with Crippen molar-refractivity contribution in [1.82, 2.24) is 4.90 Å². The first-order valence-corrected chi connectivity index (χ1v) is 7.52. The van der Waals surface area contributed by atoms with Gasteiger partial charge in [-0.1, -0.05) is 45.0 Å². The van der Waals surface area contributed by atoms with E-state index in [1.807, 2.05) is 18.2 Å². The van der Waals surface area contributed by atoms with Crippen LogP contribution >= 0.6 is 0 Å². The van der Waals surface area contributed by atoms with Gasteiger partial charge in [-0.05, 0) is 42.8 Å². The van der Waals surface area contributed by atoms with Gasteiger partial charge in [0.25, 0.3) is 0 Å². The largest absolute Gasteiger partial charge is 0.384 e. The van der Waals surface area contributed by atoms with E-state index in [-0.39, 0.29) is 5.84 Å². The van der Waals surface area contributed by atoms with Crippen LogP contribution in [0.5, 0.6) is 0 Å². The highest BCUT2D eigenvalue weighted by atomic mass is 15.1. The molecule has 0 bridgehead atoms. The summed E-state index contributed by atoms with van der Waals surface area (Å²) in [6.07, 6.45) is 2.54. The number of hydrogen-bond donors (Lipinski definition) is 2. The second-order valence-electron chi connectivity index (χ2n) is 6.99. The number of nitrogens with two attached hydrogens (primary N) is 1. The first-order chi connectivity index (χ1) is 9.38. The summed E-state index contributed by atoms with van der Waals surface area (Å²) < 4.78 is 0. The van der Waals surface area contributed by atoms with Gasteiger partial charge < -0.3 is 5.73 Å². The number of likely N-dealkylation sites (tertiary alicyclic amines) is 1. The molecular weight excluding hydrogens is 246 g/mol. The van der Waals surface area contributed by atoms with Crippen LogP contribution in [-0.4, -0.2) is 23.8 Å². The fourth-order valence-electron chi connectivity index (χ4n) is 3.12. The minimum absolute atomic E-state index is 0.171. The van der Waals surface area contributed by atoms with Crippen molar-refractivity contribution in [3.8, 4) is 0 Å². The standard InChI is InChI=1S/C17H27N3/c1-17(2,3)14-8-10-20(11-9-14)12-13-6-4-5-7-15(13)16(18)19/h4-7,14H,8-12H2,1-3H3,(H3,18,19). The molecule has 1 heterocycles. The van der Waals surface area contributed by atoms with E-state index in [1.54, 1.807) is 0 Å². The molecule has 3 N–H and O–H groups in total. The van der Waals surface area contributed by atoms with Crippen LogP contribution in [0.25, 0.3) is 0 Å². The summed E-state index contributed by atoms with van der Waals surface area (Å²) in [7, 11) is 0. The molecule has 3 heteroatoms. The number of nitrogen functional groups attached to an aromatic ring is 1. The number of rotatable bonds is 3. The van der Waals surface area contributed by atoms with Crippen molar-refractivity contribution in [1.29, 1.82) is 5.41 Å². The van der Waals surface area contributed by atoms with Crippen LogP contribution in [0, 0.1) is 16.7 Å². The molecule has 1 aromatic carbocycles. The molecule has 110 valence electrons. The van der Waals surface area contributed by atoms with Gasteiger partial charge in [0.1, 0.15) is 5.84 Å². The molecule has 0 aromatic heterocycles. The molecule has 0 saturated carbocycles. The van der Waals surface area contributed by atoms with Crippen molar-refractivity contribution in [2.24, 2.45) is 17.1 Å². The van der Waals surface area contributed by atoms with Crippen LogP contribution in [0.15, 0.2) is 24.3 Å². The van der Waals surface area contributed by atoms with Gasteiger partial charge in [-0.15, -0.1) is 0 Å². The van der Waals surface area contributed by atoms with Crippen LogP contribution in [0.3, 0.4) is 0 Å². The lowest BCUT2D eigenvalue weighted by Gasteiger charge is -2.39. The molecule has 0 amide bonds. The molecule has 0 unspecified atom stereocenters. The molecule has 0 radical (unpaired) electrons. The van der Waals surface area contributed by atoms with Crippen LogP contribution in [0.4, 0.5) is 0 Å². The lowest BCUT2D eigenvalue weighted by atomic mass is 9.75. The maximum absolute atomic E-state index is 7.67. The molecule has 0 atom stereocenters. The van der Waals surface area contributed by atoms with Gasteiger partial charge in [0.2, 0.25) is 0 Å². The Balaban J connectivity index is 1.98. The van der Waals surface area contributed by atoms with Crippen LogP contribution in [-0.2, 0) is 6.54 Å². The predicted molar refractivity (Wildman–Crippen MR) is 84.9 cm³/mol. The van der Waals surface area contributed by atoms with E-state index in [2.05, 4.69) is 31.7 Å². The third kappa shape index (κ3) is 3.60. The molecule has 2 rings (SSSR count). The number of nitrogens with one attached hydrogen (secondary N) is 1. The minimum Gasteiger partial charge on any atom is -0.384 e. The monoisotopic (exact) mass is 273 g/mol. The topological polar surface area (TPSA) is 53.1 Å². The molecule has 1 saturated heterocycles. The van der Waals surface area contributed by atoms with Crippen LogP contribution in [0.2, 0.25) is 0 Å². The Bertz CT molecular complexity index is 465. The minimum atomic E-state index is 0.171. The zero-order valence-corrected chi connectivity index (χ0v) is 12.9. The first kappa shape index (κ1) is 15.0. The van der Waals surface area contributed by atoms with Gasteiger partial charge in [-0.3, -0.25) is 10.3 Å². The van der Waals surface area contributed by atoms with Crippen molar-refractivity contribution in [3.63, 3.8) is 0 Å². The number of piperidine rings is 1. The van der Waals surface area contributed by atoms with E-state index in [1.165, 1.54) is 18.4 Å². The van der Waals surface area contributed by atoms with Crippen LogP contribution < -0.4 is 5.73 Å². The van der Waals surface area contributed by atoms with Gasteiger partial charge in [-0.2, -0.15) is 0 Å². The van der Waals surface area contributed by atoms with Crippen molar-refractivity contribution < 1.29 is 0 Å². The molecule has 0 aliphatic carbocycles. The van der Waals surface area contributed by atoms with Crippen molar-refractivity contribution in [2.75, 3.05) is 13.1 Å². The quantitative estimate of drug-likeness (QED) is 0.656. The Kier molecular flexibility index (Phi) is 4.48. The third-order valence-electron chi connectivity index (χ3n) is 4.51. The molecule has 0 spiro atoms. The molecule has 3 nitrogen and oxygen atoms in total. The van der Waals surface area contributed by atoms with E-state index >= 15 is 0 Å². The summed E-state index contributed by atoms with van der Waals surface area (Å²) in [5.41, 5.74) is 8.14. The van der Waals surface area contributed by atoms with Gasteiger partial charge in [0.15, 0.2) is 0 Å². The number of nitrogens with zero attached hydrogens (tertiary/aromatic N) is 1. The third-order valence-corrected chi connectivity index (χ3v) is 4.51. The predicted octanol–water partition coefficient (Wildman–Crippen LogP) is 3.23. The van der Waals surface area contributed by atoms with Crippen molar-refractivity contribution in [2.45, 2.75) is 40.2 Å². The fraction of sp³-hybridized carbons (Fsp3) is 0.588. The highest BCUT2D eigenvalue weighted by Crippen LogP contribution is 2.34. The molecule has 1 aromatic rings. The second kappa shape index (κ2) is 5.96.